The van der Waals surface area contributed by atoms with Crippen molar-refractivity contribution in [2.75, 3.05) is 13.2 Å². The summed E-state index contributed by atoms with van der Waals surface area (Å²) in [6.45, 7) is 6.25. The number of unbranched alkanes of at least 4 members (excludes halogenated alkanes) is 16. The first kappa shape index (κ1) is 52.3. The van der Waals surface area contributed by atoms with E-state index in [-0.39, 0.29) is 31.1 Å². The van der Waals surface area contributed by atoms with Crippen LogP contribution in [0.3, 0.4) is 0 Å². The number of ether oxygens (including phenoxy) is 3. The first-order valence-corrected chi connectivity index (χ1v) is 22.3. The van der Waals surface area contributed by atoms with E-state index in [1.54, 1.807) is 0 Å². The molecule has 0 aliphatic heterocycles. The third-order valence-electron chi connectivity index (χ3n) is 8.96. The Balaban J connectivity index is 4.52. The molecule has 0 rings (SSSR count). The van der Waals surface area contributed by atoms with E-state index in [1.807, 2.05) is 42.5 Å². The lowest BCUT2D eigenvalue weighted by Crippen LogP contribution is -2.30. The van der Waals surface area contributed by atoms with Gasteiger partial charge in [0.05, 0.1) is 0 Å². The van der Waals surface area contributed by atoms with Gasteiger partial charge >= 0.3 is 17.9 Å². The van der Waals surface area contributed by atoms with Crippen molar-refractivity contribution >= 4 is 17.9 Å². The van der Waals surface area contributed by atoms with Crippen LogP contribution < -0.4 is 0 Å². The van der Waals surface area contributed by atoms with Gasteiger partial charge in [-0.15, -0.1) is 0 Å². The maximum absolute atomic E-state index is 12.7. The summed E-state index contributed by atoms with van der Waals surface area (Å²) in [5, 5.41) is 0. The Bertz CT molecular complexity index is 1170. The fourth-order valence-electron chi connectivity index (χ4n) is 5.62. The first-order chi connectivity index (χ1) is 27.5. The molecule has 0 radical (unpaired) electrons. The fourth-order valence-corrected chi connectivity index (χ4v) is 5.62. The van der Waals surface area contributed by atoms with Crippen LogP contribution in [0.4, 0.5) is 0 Å². The zero-order valence-corrected chi connectivity index (χ0v) is 35.9. The molecule has 316 valence electrons. The van der Waals surface area contributed by atoms with Crippen LogP contribution in [-0.2, 0) is 28.6 Å². The minimum absolute atomic E-state index is 0.105. The molecule has 0 amide bonds. The van der Waals surface area contributed by atoms with Crippen LogP contribution in [-0.4, -0.2) is 37.2 Å². The number of esters is 3. The Morgan fingerprint density at radius 3 is 1.16 bits per heavy atom. The lowest BCUT2D eigenvalue weighted by molar-refractivity contribution is -0.167. The van der Waals surface area contributed by atoms with Crippen LogP contribution in [0.1, 0.15) is 181 Å². The molecule has 0 fully saturated rings. The Labute approximate surface area is 343 Å². The van der Waals surface area contributed by atoms with Gasteiger partial charge in [0.25, 0.3) is 0 Å². The van der Waals surface area contributed by atoms with Crippen molar-refractivity contribution in [2.24, 2.45) is 0 Å². The molecule has 1 unspecified atom stereocenters. The van der Waals surface area contributed by atoms with E-state index in [1.165, 1.54) is 32.1 Å². The molecule has 0 saturated carbocycles. The Kier molecular flexibility index (Phi) is 41.2. The molecule has 0 aromatic rings. The lowest BCUT2D eigenvalue weighted by Gasteiger charge is -2.18. The molecule has 6 heteroatoms. The molecule has 0 aliphatic carbocycles. The molecule has 6 nitrogen and oxygen atoms in total. The molecule has 0 aromatic heterocycles. The van der Waals surface area contributed by atoms with Gasteiger partial charge in [0.1, 0.15) is 13.2 Å². The molecule has 0 aliphatic rings. The number of carbonyl (C=O) groups is 3. The SMILES string of the molecule is CC\C=C/C=C\C=C/C=C\CCCCCC(=O)OCC(COC(=O)CCCCCCC/C=C\CCCCC)OC(=O)CCCCCCC\C=C/C=C\C=C/CC. The number of carbonyl (C=O) groups excluding carboxylic acids is 3. The minimum atomic E-state index is -0.806. The highest BCUT2D eigenvalue weighted by molar-refractivity contribution is 5.71. The number of rotatable bonds is 38. The van der Waals surface area contributed by atoms with Gasteiger partial charge < -0.3 is 14.2 Å². The summed E-state index contributed by atoms with van der Waals surface area (Å²) in [5.41, 5.74) is 0. The van der Waals surface area contributed by atoms with Crippen LogP contribution in [0, 0.1) is 0 Å². The van der Waals surface area contributed by atoms with Gasteiger partial charge in [-0.05, 0) is 83.5 Å². The van der Waals surface area contributed by atoms with E-state index >= 15 is 0 Å². The van der Waals surface area contributed by atoms with Gasteiger partial charge in [-0.2, -0.15) is 0 Å². The highest BCUT2D eigenvalue weighted by Crippen LogP contribution is 2.12. The maximum atomic E-state index is 12.7. The summed E-state index contributed by atoms with van der Waals surface area (Å²) in [4.78, 5) is 37.7. The van der Waals surface area contributed by atoms with Crippen LogP contribution in [0.25, 0.3) is 0 Å². The molecular weight excluding hydrogens is 697 g/mol. The Morgan fingerprint density at radius 1 is 0.375 bits per heavy atom. The first-order valence-electron chi connectivity index (χ1n) is 22.3. The quantitative estimate of drug-likeness (QED) is 0.0204. The van der Waals surface area contributed by atoms with Crippen molar-refractivity contribution in [3.63, 3.8) is 0 Å². The molecule has 0 N–H and O–H groups in total. The fraction of sp³-hybridized carbons (Fsp3) is 0.620. The zero-order chi connectivity index (χ0) is 40.8. The van der Waals surface area contributed by atoms with Crippen molar-refractivity contribution in [2.45, 2.75) is 187 Å². The molecule has 0 saturated heterocycles. The van der Waals surface area contributed by atoms with E-state index in [4.69, 9.17) is 14.2 Å². The maximum Gasteiger partial charge on any atom is 0.306 e. The molecule has 0 heterocycles. The van der Waals surface area contributed by atoms with Crippen LogP contribution in [0.5, 0.6) is 0 Å². The van der Waals surface area contributed by atoms with Gasteiger partial charge in [-0.25, -0.2) is 0 Å². The Morgan fingerprint density at radius 2 is 0.714 bits per heavy atom. The van der Waals surface area contributed by atoms with Gasteiger partial charge in [0.2, 0.25) is 0 Å². The molecule has 1 atom stereocenters. The van der Waals surface area contributed by atoms with E-state index in [2.05, 4.69) is 75.5 Å². The molecule has 0 aromatic carbocycles. The second kappa shape index (κ2) is 44.0. The van der Waals surface area contributed by atoms with Gasteiger partial charge in [-0.3, -0.25) is 14.4 Å². The number of allylic oxidation sites excluding steroid dienone is 16. The van der Waals surface area contributed by atoms with Crippen LogP contribution >= 0.6 is 0 Å². The highest BCUT2D eigenvalue weighted by atomic mass is 16.6. The van der Waals surface area contributed by atoms with E-state index in [9.17, 15) is 14.4 Å². The van der Waals surface area contributed by atoms with Crippen molar-refractivity contribution in [1.82, 2.24) is 0 Å². The van der Waals surface area contributed by atoms with E-state index in [0.29, 0.717) is 19.3 Å². The predicted octanol–water partition coefficient (Wildman–Crippen LogP) is 14.2. The smallest absolute Gasteiger partial charge is 0.306 e. The summed E-state index contributed by atoms with van der Waals surface area (Å²) >= 11 is 0. The Hall–Kier alpha value is -3.67. The second-order valence-corrected chi connectivity index (χ2v) is 14.3. The van der Waals surface area contributed by atoms with Crippen molar-refractivity contribution in [1.29, 1.82) is 0 Å². The molecular formula is C50H80O6. The standard InChI is InChI=1S/C50H80O6/c1-4-7-10-13-16-19-22-25-28-31-34-37-40-43-49(52)55-46-47(45-54-48(51)42-39-36-33-30-27-24-21-18-15-12-9-6-3)56-50(53)44-41-38-35-32-29-26-23-20-17-14-11-8-5-2/h7-8,10-11,13-14,16-23,25,28,47H,4-6,9,12,15,24,26-27,29-46H2,1-3H3/b10-7-,11-8-,16-13-,17-14-,21-18-,22-19-,23-20-,28-25-. The molecule has 0 spiro atoms. The third kappa shape index (κ3) is 41.5. The second-order valence-electron chi connectivity index (χ2n) is 14.3. The monoisotopic (exact) mass is 777 g/mol. The lowest BCUT2D eigenvalue weighted by atomic mass is 10.1. The van der Waals surface area contributed by atoms with Gasteiger partial charge in [0, 0.05) is 19.3 Å². The topological polar surface area (TPSA) is 78.9 Å². The average Bonchev–Trinajstić information content (AvgIpc) is 3.19. The summed E-state index contributed by atoms with van der Waals surface area (Å²) in [6, 6.07) is 0. The van der Waals surface area contributed by atoms with E-state index < -0.39 is 6.10 Å². The zero-order valence-electron chi connectivity index (χ0n) is 35.9. The summed E-state index contributed by atoms with van der Waals surface area (Å²) < 4.78 is 16.6. The molecule has 56 heavy (non-hydrogen) atoms. The van der Waals surface area contributed by atoms with E-state index in [0.717, 1.165) is 109 Å². The number of hydrogen-bond donors (Lipinski definition) is 0. The largest absolute Gasteiger partial charge is 0.462 e. The highest BCUT2D eigenvalue weighted by Gasteiger charge is 2.19. The minimum Gasteiger partial charge on any atom is -0.462 e. The van der Waals surface area contributed by atoms with Crippen LogP contribution in [0.15, 0.2) is 97.2 Å². The van der Waals surface area contributed by atoms with Crippen molar-refractivity contribution < 1.29 is 28.6 Å². The van der Waals surface area contributed by atoms with Crippen molar-refractivity contribution in [3.05, 3.63) is 97.2 Å². The summed E-state index contributed by atoms with van der Waals surface area (Å²) in [7, 11) is 0. The predicted molar refractivity (Wildman–Crippen MR) is 237 cm³/mol. The van der Waals surface area contributed by atoms with Crippen LogP contribution in [0.2, 0.25) is 0 Å². The normalized spacial score (nSPS) is 13.0. The summed E-state index contributed by atoms with van der Waals surface area (Å²) in [5.74, 6) is -0.986. The third-order valence-corrected chi connectivity index (χ3v) is 8.96. The van der Waals surface area contributed by atoms with Gasteiger partial charge in [0.15, 0.2) is 6.10 Å². The number of hydrogen-bond acceptors (Lipinski definition) is 6. The van der Waals surface area contributed by atoms with Crippen molar-refractivity contribution in [3.8, 4) is 0 Å². The average molecular weight is 777 g/mol. The summed E-state index contributed by atoms with van der Waals surface area (Å²) in [6.07, 6.45) is 56.7. The van der Waals surface area contributed by atoms with Gasteiger partial charge in [-0.1, -0.05) is 176 Å². The molecule has 0 bridgehead atoms.